The maximum Gasteiger partial charge on any atom is 0.472 e. The maximum atomic E-state index is 13.1. The van der Waals surface area contributed by atoms with Gasteiger partial charge in [0.1, 0.15) is 19.3 Å². The van der Waals surface area contributed by atoms with E-state index in [9.17, 15) is 43.2 Å². The Bertz CT molecular complexity index is 1810. The van der Waals surface area contributed by atoms with Crippen LogP contribution in [0.2, 0.25) is 0 Å². The monoisotopic (exact) mass is 1380 g/mol. The molecule has 0 amide bonds. The molecule has 0 saturated heterocycles. The van der Waals surface area contributed by atoms with Gasteiger partial charge in [0.25, 0.3) is 0 Å². The zero-order valence-electron chi connectivity index (χ0n) is 61.1. The molecule has 0 aromatic carbocycles. The lowest BCUT2D eigenvalue weighted by molar-refractivity contribution is -0.161. The molecule has 0 aromatic rings. The second kappa shape index (κ2) is 68.2. The zero-order valence-corrected chi connectivity index (χ0v) is 62.9. The van der Waals surface area contributed by atoms with Crippen molar-refractivity contribution in [1.82, 2.24) is 0 Å². The van der Waals surface area contributed by atoms with Crippen molar-refractivity contribution in [3.05, 3.63) is 0 Å². The van der Waals surface area contributed by atoms with Gasteiger partial charge in [-0.25, -0.2) is 9.13 Å². The van der Waals surface area contributed by atoms with E-state index in [0.717, 1.165) is 102 Å². The van der Waals surface area contributed by atoms with Gasteiger partial charge in [0.15, 0.2) is 12.2 Å². The Morgan fingerprint density at radius 3 is 0.723 bits per heavy atom. The molecule has 0 aromatic heterocycles. The van der Waals surface area contributed by atoms with Crippen molar-refractivity contribution in [2.45, 2.75) is 412 Å². The smallest absolute Gasteiger partial charge is 0.462 e. The molecule has 0 spiro atoms. The van der Waals surface area contributed by atoms with Crippen molar-refractivity contribution in [1.29, 1.82) is 0 Å². The van der Waals surface area contributed by atoms with E-state index in [1.165, 1.54) is 212 Å². The van der Waals surface area contributed by atoms with Crippen LogP contribution in [0.15, 0.2) is 0 Å². The number of aliphatic hydroxyl groups is 1. The highest BCUT2D eigenvalue weighted by molar-refractivity contribution is 7.47. The first-order valence-corrected chi connectivity index (χ1v) is 42.1. The van der Waals surface area contributed by atoms with E-state index < -0.39 is 97.5 Å². The van der Waals surface area contributed by atoms with Gasteiger partial charge < -0.3 is 33.8 Å². The van der Waals surface area contributed by atoms with Crippen molar-refractivity contribution < 1.29 is 80.2 Å². The molecule has 19 heteroatoms. The third kappa shape index (κ3) is 68.6. The largest absolute Gasteiger partial charge is 0.472 e. The molecule has 0 aliphatic carbocycles. The molecule has 558 valence electrons. The number of aliphatic hydroxyl groups excluding tert-OH is 1. The van der Waals surface area contributed by atoms with E-state index in [2.05, 4.69) is 34.6 Å². The fourth-order valence-corrected chi connectivity index (χ4v) is 13.1. The molecular formula is C75H146O17P2. The number of unbranched alkanes of at least 4 members (excludes halogenated alkanes) is 47. The highest BCUT2D eigenvalue weighted by atomic mass is 31.2. The van der Waals surface area contributed by atoms with Crippen LogP contribution >= 0.6 is 15.6 Å². The molecule has 0 heterocycles. The van der Waals surface area contributed by atoms with Crippen LogP contribution in [0.3, 0.4) is 0 Å². The number of rotatable bonds is 75. The molecule has 2 unspecified atom stereocenters. The molecule has 0 aliphatic rings. The fourth-order valence-electron chi connectivity index (χ4n) is 11.5. The Morgan fingerprint density at radius 2 is 0.489 bits per heavy atom. The van der Waals surface area contributed by atoms with Crippen molar-refractivity contribution in [2.24, 2.45) is 5.92 Å². The summed E-state index contributed by atoms with van der Waals surface area (Å²) >= 11 is 0. The molecular weight excluding hydrogens is 1230 g/mol. The van der Waals surface area contributed by atoms with Gasteiger partial charge in [0.2, 0.25) is 0 Å². The zero-order chi connectivity index (χ0) is 69.1. The summed E-state index contributed by atoms with van der Waals surface area (Å²) in [4.78, 5) is 72.4. The van der Waals surface area contributed by atoms with Crippen LogP contribution in [-0.2, 0) is 65.4 Å². The van der Waals surface area contributed by atoms with E-state index in [1.807, 2.05) is 0 Å². The van der Waals surface area contributed by atoms with Crippen LogP contribution in [0, 0.1) is 5.92 Å². The van der Waals surface area contributed by atoms with Gasteiger partial charge in [-0.1, -0.05) is 343 Å². The van der Waals surface area contributed by atoms with Crippen molar-refractivity contribution in [2.75, 3.05) is 39.6 Å². The number of hydrogen-bond acceptors (Lipinski definition) is 15. The van der Waals surface area contributed by atoms with E-state index in [1.54, 1.807) is 0 Å². The number of phosphoric ester groups is 2. The fraction of sp³-hybridized carbons (Fsp3) is 0.947. The Morgan fingerprint density at radius 1 is 0.287 bits per heavy atom. The van der Waals surface area contributed by atoms with Gasteiger partial charge in [-0.15, -0.1) is 0 Å². The highest BCUT2D eigenvalue weighted by Gasteiger charge is 2.30. The van der Waals surface area contributed by atoms with Crippen molar-refractivity contribution in [3.63, 3.8) is 0 Å². The molecule has 5 atom stereocenters. The summed E-state index contributed by atoms with van der Waals surface area (Å²) in [6, 6.07) is 0. The van der Waals surface area contributed by atoms with Crippen LogP contribution in [0.1, 0.15) is 394 Å². The third-order valence-electron chi connectivity index (χ3n) is 17.5. The van der Waals surface area contributed by atoms with E-state index in [-0.39, 0.29) is 25.7 Å². The lowest BCUT2D eigenvalue weighted by atomic mass is 10.0. The Labute approximate surface area is 575 Å². The van der Waals surface area contributed by atoms with Crippen molar-refractivity contribution in [3.8, 4) is 0 Å². The average Bonchev–Trinajstić information content (AvgIpc) is 1.30. The number of esters is 4. The molecule has 0 radical (unpaired) electrons. The lowest BCUT2D eigenvalue weighted by Gasteiger charge is -2.21. The standard InChI is InChI=1S/C75H146O17P2/c1-6-9-12-15-17-19-21-22-23-24-25-26-27-28-29-30-33-38-42-46-51-56-61-75(80)92-71(65-86-73(78)59-54-49-44-40-37-34-31-32-36-39-43-48-52-57-68(4)5)67-90-94(83,84)88-63-69(76)62-87-93(81,82)89-66-70(64-85-72(77)58-53-47-14-11-8-3)91-74(79)60-55-50-45-41-35-20-18-16-13-10-7-2/h68-71,76H,6-67H2,1-5H3,(H,81,82)(H,83,84)/t69-,70+,71+/m0/s1. The Balaban J connectivity index is 5.10. The summed E-state index contributed by atoms with van der Waals surface area (Å²) in [6.07, 6.45) is 57.4. The molecule has 0 rings (SSSR count). The van der Waals surface area contributed by atoms with Crippen LogP contribution in [0.5, 0.6) is 0 Å². The molecule has 0 fully saturated rings. The van der Waals surface area contributed by atoms with E-state index >= 15 is 0 Å². The van der Waals surface area contributed by atoms with Crippen LogP contribution < -0.4 is 0 Å². The predicted octanol–water partition coefficient (Wildman–Crippen LogP) is 22.1. The average molecular weight is 1380 g/mol. The lowest BCUT2D eigenvalue weighted by Crippen LogP contribution is -2.30. The van der Waals surface area contributed by atoms with Crippen LogP contribution in [-0.4, -0.2) is 96.7 Å². The first-order valence-electron chi connectivity index (χ1n) is 39.1. The first-order chi connectivity index (χ1) is 45.5. The second-order valence-corrected chi connectivity index (χ2v) is 30.4. The van der Waals surface area contributed by atoms with Gasteiger partial charge >= 0.3 is 39.5 Å². The Hall–Kier alpha value is -1.94. The van der Waals surface area contributed by atoms with Crippen LogP contribution in [0.4, 0.5) is 0 Å². The number of carbonyl (C=O) groups excluding carboxylic acids is 4. The predicted molar refractivity (Wildman–Crippen MR) is 382 cm³/mol. The molecule has 0 aliphatic heterocycles. The minimum absolute atomic E-state index is 0.106. The van der Waals surface area contributed by atoms with Gasteiger partial charge in [-0.2, -0.15) is 0 Å². The number of hydrogen-bond donors (Lipinski definition) is 3. The van der Waals surface area contributed by atoms with Crippen molar-refractivity contribution >= 4 is 39.5 Å². The molecule has 17 nitrogen and oxygen atoms in total. The Kier molecular flexibility index (Phi) is 66.8. The topological polar surface area (TPSA) is 237 Å². The second-order valence-electron chi connectivity index (χ2n) is 27.5. The van der Waals surface area contributed by atoms with Gasteiger partial charge in [0, 0.05) is 25.7 Å². The van der Waals surface area contributed by atoms with Gasteiger partial charge in [-0.3, -0.25) is 37.3 Å². The van der Waals surface area contributed by atoms with Crippen LogP contribution in [0.25, 0.3) is 0 Å². The summed E-state index contributed by atoms with van der Waals surface area (Å²) < 4.78 is 68.2. The number of phosphoric acid groups is 2. The quantitative estimate of drug-likeness (QED) is 0.0222. The molecule has 94 heavy (non-hydrogen) atoms. The molecule has 0 bridgehead atoms. The maximum absolute atomic E-state index is 13.1. The van der Waals surface area contributed by atoms with E-state index in [0.29, 0.717) is 25.7 Å². The molecule has 3 N–H and O–H groups in total. The van der Waals surface area contributed by atoms with Gasteiger partial charge in [-0.05, 0) is 31.6 Å². The summed E-state index contributed by atoms with van der Waals surface area (Å²) in [5.41, 5.74) is 0. The first kappa shape index (κ1) is 92.1. The SMILES string of the molecule is CCCCCCCCCCCCCCCCCCCCCCCCC(=O)O[C@H](COC(=O)CCCCCCCCCCCCCCCC(C)C)COP(=O)(O)OC[C@@H](O)COP(=O)(O)OC[C@@H](COC(=O)CCCCCCC)OC(=O)CCCCCCCCCCCCC. The minimum atomic E-state index is -4.95. The summed E-state index contributed by atoms with van der Waals surface area (Å²) in [6.45, 7) is 7.20. The number of ether oxygens (including phenoxy) is 4. The van der Waals surface area contributed by atoms with E-state index in [4.69, 9.17) is 37.0 Å². The molecule has 0 saturated carbocycles. The van der Waals surface area contributed by atoms with Gasteiger partial charge in [0.05, 0.1) is 26.4 Å². The minimum Gasteiger partial charge on any atom is -0.462 e. The highest BCUT2D eigenvalue weighted by Crippen LogP contribution is 2.45. The summed E-state index contributed by atoms with van der Waals surface area (Å²) in [5.74, 6) is -1.34. The summed E-state index contributed by atoms with van der Waals surface area (Å²) in [5, 5.41) is 10.6. The normalized spacial score (nSPS) is 14.0. The third-order valence-corrected chi connectivity index (χ3v) is 19.4. The summed E-state index contributed by atoms with van der Waals surface area (Å²) in [7, 11) is -9.90. The number of carbonyl (C=O) groups is 4.